The van der Waals surface area contributed by atoms with Gasteiger partial charge in [0.1, 0.15) is 12.8 Å². The number of aromatic nitrogens is 2. The van der Waals surface area contributed by atoms with Gasteiger partial charge in [-0.2, -0.15) is 0 Å². The third kappa shape index (κ3) is 3.28. The zero-order valence-electron chi connectivity index (χ0n) is 13.5. The summed E-state index contributed by atoms with van der Waals surface area (Å²) in [5, 5.41) is 10.2. The molecule has 25 heavy (non-hydrogen) atoms. The molecule has 0 aliphatic heterocycles. The SMILES string of the molecule is COn1c(O)c(C(=O)c2ccccc2)nc(Cc2ccccc2)c1=O. The number of aromatic hydroxyl groups is 1. The first kappa shape index (κ1) is 16.4. The summed E-state index contributed by atoms with van der Waals surface area (Å²) in [6, 6.07) is 17.7. The van der Waals surface area contributed by atoms with Crippen LogP contribution in [-0.2, 0) is 6.42 Å². The van der Waals surface area contributed by atoms with E-state index >= 15 is 0 Å². The van der Waals surface area contributed by atoms with Crippen molar-refractivity contribution < 1.29 is 14.7 Å². The van der Waals surface area contributed by atoms with Crippen molar-refractivity contribution in [1.29, 1.82) is 0 Å². The minimum atomic E-state index is -0.613. The highest BCUT2D eigenvalue weighted by molar-refractivity contribution is 6.09. The largest absolute Gasteiger partial charge is 0.491 e. The quantitative estimate of drug-likeness (QED) is 0.719. The summed E-state index contributed by atoms with van der Waals surface area (Å²) < 4.78 is 0.682. The minimum Gasteiger partial charge on any atom is -0.491 e. The monoisotopic (exact) mass is 336 g/mol. The summed E-state index contributed by atoms with van der Waals surface area (Å²) >= 11 is 0. The number of carbonyl (C=O) groups is 1. The molecule has 0 saturated heterocycles. The topological polar surface area (TPSA) is 81.4 Å². The second-order valence-corrected chi connectivity index (χ2v) is 5.37. The van der Waals surface area contributed by atoms with E-state index in [9.17, 15) is 14.7 Å². The highest BCUT2D eigenvalue weighted by Gasteiger charge is 2.23. The molecule has 3 aromatic rings. The summed E-state index contributed by atoms with van der Waals surface area (Å²) in [5.41, 5.74) is 0.507. The van der Waals surface area contributed by atoms with Gasteiger partial charge in [0.05, 0.1) is 0 Å². The molecule has 126 valence electrons. The Bertz CT molecular complexity index is 950. The Balaban J connectivity index is 2.11. The highest BCUT2D eigenvalue weighted by atomic mass is 16.7. The molecular weight excluding hydrogens is 320 g/mol. The molecule has 0 unspecified atom stereocenters. The predicted octanol–water partition coefficient (Wildman–Crippen LogP) is 1.83. The molecule has 2 aromatic carbocycles. The minimum absolute atomic E-state index is 0.116. The van der Waals surface area contributed by atoms with Crippen molar-refractivity contribution in [3.05, 3.63) is 93.5 Å². The molecule has 0 aliphatic rings. The number of benzene rings is 2. The maximum atomic E-state index is 12.7. The lowest BCUT2D eigenvalue weighted by Crippen LogP contribution is -2.31. The van der Waals surface area contributed by atoms with Crippen molar-refractivity contribution in [3.8, 4) is 5.88 Å². The lowest BCUT2D eigenvalue weighted by molar-refractivity contribution is 0.0998. The summed E-state index contributed by atoms with van der Waals surface area (Å²) in [6.45, 7) is 0. The van der Waals surface area contributed by atoms with Crippen molar-refractivity contribution >= 4 is 5.78 Å². The normalized spacial score (nSPS) is 10.4. The van der Waals surface area contributed by atoms with Gasteiger partial charge in [0.25, 0.3) is 5.88 Å². The Morgan fingerprint density at radius 2 is 1.68 bits per heavy atom. The van der Waals surface area contributed by atoms with Crippen molar-refractivity contribution in [2.24, 2.45) is 0 Å². The Morgan fingerprint density at radius 3 is 2.28 bits per heavy atom. The van der Waals surface area contributed by atoms with Crippen LogP contribution in [0.25, 0.3) is 0 Å². The molecule has 1 heterocycles. The molecule has 1 aromatic heterocycles. The molecule has 0 fully saturated rings. The zero-order valence-corrected chi connectivity index (χ0v) is 13.5. The van der Waals surface area contributed by atoms with E-state index in [-0.39, 0.29) is 17.8 Å². The van der Waals surface area contributed by atoms with Crippen LogP contribution < -0.4 is 10.4 Å². The van der Waals surface area contributed by atoms with E-state index in [4.69, 9.17) is 4.84 Å². The fourth-order valence-corrected chi connectivity index (χ4v) is 2.49. The predicted molar refractivity (Wildman–Crippen MR) is 91.8 cm³/mol. The molecule has 0 atom stereocenters. The molecule has 0 bridgehead atoms. The third-order valence-corrected chi connectivity index (χ3v) is 3.73. The van der Waals surface area contributed by atoms with Gasteiger partial charge in [-0.25, -0.2) is 4.98 Å². The van der Waals surface area contributed by atoms with E-state index in [1.807, 2.05) is 30.3 Å². The van der Waals surface area contributed by atoms with Crippen LogP contribution in [0.15, 0.2) is 65.5 Å². The van der Waals surface area contributed by atoms with Crippen LogP contribution >= 0.6 is 0 Å². The molecular formula is C19H16N2O4. The number of carbonyl (C=O) groups excluding carboxylic acids is 1. The maximum absolute atomic E-state index is 12.7. The maximum Gasteiger partial charge on any atom is 0.308 e. The molecule has 0 spiro atoms. The van der Waals surface area contributed by atoms with Crippen LogP contribution in [0.3, 0.4) is 0 Å². The Hall–Kier alpha value is -3.41. The number of hydrogen-bond acceptors (Lipinski definition) is 5. The highest BCUT2D eigenvalue weighted by Crippen LogP contribution is 2.18. The smallest absolute Gasteiger partial charge is 0.308 e. The van der Waals surface area contributed by atoms with Gasteiger partial charge in [-0.15, -0.1) is 4.73 Å². The molecule has 1 N–H and O–H groups in total. The van der Waals surface area contributed by atoms with Crippen LogP contribution in [-0.4, -0.2) is 27.7 Å². The van der Waals surface area contributed by atoms with Gasteiger partial charge in [0, 0.05) is 12.0 Å². The lowest BCUT2D eigenvalue weighted by atomic mass is 10.1. The van der Waals surface area contributed by atoms with Gasteiger partial charge in [-0.05, 0) is 5.56 Å². The lowest BCUT2D eigenvalue weighted by Gasteiger charge is -2.12. The molecule has 0 amide bonds. The first-order chi connectivity index (χ1) is 12.1. The first-order valence-corrected chi connectivity index (χ1v) is 7.65. The van der Waals surface area contributed by atoms with Crippen LogP contribution in [0, 0.1) is 0 Å². The standard InChI is InChI=1S/C19H16N2O4/c1-25-21-18(23)15(12-13-8-4-2-5-9-13)20-16(19(21)24)17(22)14-10-6-3-7-11-14/h2-11,24H,12H2,1H3. The zero-order chi connectivity index (χ0) is 17.8. The Labute approximate surface area is 143 Å². The number of nitrogens with zero attached hydrogens (tertiary/aromatic N) is 2. The summed E-state index contributed by atoms with van der Waals surface area (Å²) in [5.74, 6) is -1.10. The van der Waals surface area contributed by atoms with Crippen molar-refractivity contribution in [2.75, 3.05) is 7.11 Å². The van der Waals surface area contributed by atoms with Crippen molar-refractivity contribution in [1.82, 2.24) is 9.71 Å². The molecule has 0 saturated carbocycles. The van der Waals surface area contributed by atoms with Gasteiger partial charge in [0.15, 0.2) is 5.69 Å². The average molecular weight is 336 g/mol. The van der Waals surface area contributed by atoms with E-state index in [0.29, 0.717) is 10.3 Å². The number of hydrogen-bond donors (Lipinski definition) is 1. The van der Waals surface area contributed by atoms with Crippen LogP contribution in [0.1, 0.15) is 27.3 Å². The molecule has 0 radical (unpaired) electrons. The second-order valence-electron chi connectivity index (χ2n) is 5.37. The van der Waals surface area contributed by atoms with Crippen LogP contribution in [0.5, 0.6) is 5.88 Å². The molecule has 6 heteroatoms. The van der Waals surface area contributed by atoms with E-state index in [0.717, 1.165) is 5.56 Å². The Kier molecular flexibility index (Phi) is 4.61. The fourth-order valence-electron chi connectivity index (χ4n) is 2.49. The van der Waals surface area contributed by atoms with Gasteiger partial charge < -0.3 is 9.94 Å². The van der Waals surface area contributed by atoms with Gasteiger partial charge in [-0.1, -0.05) is 60.7 Å². The summed E-state index contributed by atoms with van der Waals surface area (Å²) in [4.78, 5) is 34.2. The molecule has 0 aliphatic carbocycles. The Morgan fingerprint density at radius 1 is 1.08 bits per heavy atom. The number of rotatable bonds is 5. The average Bonchev–Trinajstić information content (AvgIpc) is 2.65. The van der Waals surface area contributed by atoms with E-state index in [2.05, 4.69) is 4.98 Å². The summed E-state index contributed by atoms with van der Waals surface area (Å²) in [6.07, 6.45) is 0.221. The number of ketones is 1. The molecule has 6 nitrogen and oxygen atoms in total. The van der Waals surface area contributed by atoms with Crippen LogP contribution in [0.4, 0.5) is 0 Å². The van der Waals surface area contributed by atoms with Gasteiger partial charge >= 0.3 is 5.56 Å². The van der Waals surface area contributed by atoms with Gasteiger partial charge in [0.2, 0.25) is 5.78 Å². The fraction of sp³-hybridized carbons (Fsp3) is 0.105. The first-order valence-electron chi connectivity index (χ1n) is 7.65. The second kappa shape index (κ2) is 7.00. The van der Waals surface area contributed by atoms with E-state index in [1.165, 1.54) is 7.11 Å². The molecule has 3 rings (SSSR count). The summed E-state index contributed by atoms with van der Waals surface area (Å²) in [7, 11) is 1.24. The van der Waals surface area contributed by atoms with Crippen molar-refractivity contribution in [2.45, 2.75) is 6.42 Å². The van der Waals surface area contributed by atoms with Crippen molar-refractivity contribution in [3.63, 3.8) is 0 Å². The van der Waals surface area contributed by atoms with E-state index < -0.39 is 17.2 Å². The van der Waals surface area contributed by atoms with Gasteiger partial charge in [-0.3, -0.25) is 9.59 Å². The van der Waals surface area contributed by atoms with Crippen LogP contribution in [0.2, 0.25) is 0 Å². The third-order valence-electron chi connectivity index (χ3n) is 3.73. The van der Waals surface area contributed by atoms with E-state index in [1.54, 1.807) is 30.3 Å².